The summed E-state index contributed by atoms with van der Waals surface area (Å²) in [5.41, 5.74) is 0. The summed E-state index contributed by atoms with van der Waals surface area (Å²) in [6.45, 7) is 0.812. The molecule has 2 atom stereocenters. The van der Waals surface area contributed by atoms with Crippen LogP contribution in [-0.4, -0.2) is 11.0 Å². The van der Waals surface area contributed by atoms with Gasteiger partial charge in [0, 0.05) is 12.0 Å². The Morgan fingerprint density at radius 2 is 1.94 bits per heavy atom. The fourth-order valence-corrected chi connectivity index (χ4v) is 3.49. The van der Waals surface area contributed by atoms with Crippen LogP contribution in [0.4, 0.5) is 0 Å². The molecule has 2 unspecified atom stereocenters. The molecule has 17 heavy (non-hydrogen) atoms. The standard InChI is InChI=1S/C14H20N2O/c1-2-4-11-10(3-1)14(11)12-7-16-13(17-12)8-15-9-5-6-9/h7,9-11,14-15H,1-6,8H2. The maximum absolute atomic E-state index is 5.90. The summed E-state index contributed by atoms with van der Waals surface area (Å²) in [4.78, 5) is 4.41. The van der Waals surface area contributed by atoms with Crippen LogP contribution in [0.15, 0.2) is 10.6 Å². The Balaban J connectivity index is 1.40. The third kappa shape index (κ3) is 1.90. The summed E-state index contributed by atoms with van der Waals surface area (Å²) in [7, 11) is 0. The smallest absolute Gasteiger partial charge is 0.208 e. The van der Waals surface area contributed by atoms with E-state index in [4.69, 9.17) is 4.42 Å². The number of rotatable bonds is 4. The van der Waals surface area contributed by atoms with Crippen LogP contribution in [0.2, 0.25) is 0 Å². The van der Waals surface area contributed by atoms with Crippen molar-refractivity contribution in [2.24, 2.45) is 11.8 Å². The van der Waals surface area contributed by atoms with Crippen LogP contribution in [0, 0.1) is 11.8 Å². The molecular weight excluding hydrogens is 212 g/mol. The van der Waals surface area contributed by atoms with Gasteiger partial charge in [-0.1, -0.05) is 12.8 Å². The Bertz CT molecular complexity index is 398. The van der Waals surface area contributed by atoms with Crippen molar-refractivity contribution in [2.45, 2.75) is 57.0 Å². The summed E-state index contributed by atoms with van der Waals surface area (Å²) in [5.74, 6) is 4.59. The summed E-state index contributed by atoms with van der Waals surface area (Å²) >= 11 is 0. The molecule has 0 amide bonds. The maximum Gasteiger partial charge on any atom is 0.208 e. The van der Waals surface area contributed by atoms with Gasteiger partial charge in [0.1, 0.15) is 5.76 Å². The molecule has 1 heterocycles. The van der Waals surface area contributed by atoms with Crippen LogP contribution in [0.25, 0.3) is 0 Å². The minimum absolute atomic E-state index is 0.708. The van der Waals surface area contributed by atoms with Gasteiger partial charge in [0.2, 0.25) is 5.89 Å². The Morgan fingerprint density at radius 1 is 1.18 bits per heavy atom. The van der Waals surface area contributed by atoms with Gasteiger partial charge in [0.15, 0.2) is 0 Å². The van der Waals surface area contributed by atoms with E-state index in [-0.39, 0.29) is 0 Å². The van der Waals surface area contributed by atoms with Gasteiger partial charge < -0.3 is 9.73 Å². The first-order chi connectivity index (χ1) is 8.42. The highest BCUT2D eigenvalue weighted by molar-refractivity contribution is 5.18. The fraction of sp³-hybridized carbons (Fsp3) is 0.786. The van der Waals surface area contributed by atoms with Crippen molar-refractivity contribution in [3.05, 3.63) is 17.8 Å². The molecule has 3 nitrogen and oxygen atoms in total. The van der Waals surface area contributed by atoms with Crippen LogP contribution in [0.3, 0.4) is 0 Å². The van der Waals surface area contributed by atoms with E-state index in [1.54, 1.807) is 0 Å². The topological polar surface area (TPSA) is 38.1 Å². The maximum atomic E-state index is 5.90. The molecule has 92 valence electrons. The van der Waals surface area contributed by atoms with Gasteiger partial charge in [-0.05, 0) is 37.5 Å². The predicted octanol–water partition coefficient (Wildman–Crippen LogP) is 2.83. The van der Waals surface area contributed by atoms with Gasteiger partial charge in [-0.25, -0.2) is 4.98 Å². The van der Waals surface area contributed by atoms with Crippen LogP contribution in [-0.2, 0) is 6.54 Å². The average Bonchev–Trinajstić information content (AvgIpc) is 3.26. The normalized spacial score (nSPS) is 35.6. The first-order valence-corrected chi connectivity index (χ1v) is 7.10. The number of oxazole rings is 1. The molecule has 3 aliphatic rings. The molecule has 0 spiro atoms. The Morgan fingerprint density at radius 3 is 2.65 bits per heavy atom. The van der Waals surface area contributed by atoms with Crippen LogP contribution >= 0.6 is 0 Å². The first-order valence-electron chi connectivity index (χ1n) is 7.10. The lowest BCUT2D eigenvalue weighted by Gasteiger charge is -2.04. The predicted molar refractivity (Wildman–Crippen MR) is 64.6 cm³/mol. The van der Waals surface area contributed by atoms with Crippen molar-refractivity contribution < 1.29 is 4.42 Å². The lowest BCUT2D eigenvalue weighted by molar-refractivity contribution is 0.429. The van der Waals surface area contributed by atoms with E-state index in [1.165, 1.54) is 38.5 Å². The third-order valence-corrected chi connectivity index (χ3v) is 4.68. The second-order valence-corrected chi connectivity index (χ2v) is 5.95. The molecule has 3 heteroatoms. The lowest BCUT2D eigenvalue weighted by atomic mass is 10.0. The molecule has 0 saturated heterocycles. The number of hydrogen-bond acceptors (Lipinski definition) is 3. The zero-order valence-corrected chi connectivity index (χ0v) is 10.2. The molecule has 0 aromatic carbocycles. The molecule has 0 radical (unpaired) electrons. The van der Waals surface area contributed by atoms with E-state index in [9.17, 15) is 0 Å². The molecule has 3 saturated carbocycles. The van der Waals surface area contributed by atoms with Gasteiger partial charge in [-0.15, -0.1) is 0 Å². The zero-order valence-electron chi connectivity index (χ0n) is 10.2. The molecule has 0 aliphatic heterocycles. The second-order valence-electron chi connectivity index (χ2n) is 5.95. The van der Waals surface area contributed by atoms with E-state index >= 15 is 0 Å². The van der Waals surface area contributed by atoms with E-state index < -0.39 is 0 Å². The highest BCUT2D eigenvalue weighted by Crippen LogP contribution is 2.61. The van der Waals surface area contributed by atoms with Crippen molar-refractivity contribution >= 4 is 0 Å². The van der Waals surface area contributed by atoms with E-state index in [1.807, 2.05) is 6.20 Å². The van der Waals surface area contributed by atoms with Gasteiger partial charge in [0.05, 0.1) is 12.7 Å². The zero-order chi connectivity index (χ0) is 11.2. The number of hydrogen-bond donors (Lipinski definition) is 1. The summed E-state index contributed by atoms with van der Waals surface area (Å²) in [6, 6.07) is 0.730. The van der Waals surface area contributed by atoms with Crippen molar-refractivity contribution in [1.29, 1.82) is 0 Å². The summed E-state index contributed by atoms with van der Waals surface area (Å²) in [6.07, 6.45) is 10.3. The molecule has 1 aromatic heterocycles. The van der Waals surface area contributed by atoms with Crippen molar-refractivity contribution in [1.82, 2.24) is 10.3 Å². The summed E-state index contributed by atoms with van der Waals surface area (Å²) < 4.78 is 5.90. The van der Waals surface area contributed by atoms with Gasteiger partial charge in [0.25, 0.3) is 0 Å². The van der Waals surface area contributed by atoms with Gasteiger partial charge in [-0.3, -0.25) is 0 Å². The quantitative estimate of drug-likeness (QED) is 0.867. The minimum atomic E-state index is 0.708. The Hall–Kier alpha value is -0.830. The molecule has 3 fully saturated rings. The van der Waals surface area contributed by atoms with E-state index in [0.29, 0.717) is 5.92 Å². The molecular formula is C14H20N2O. The number of aromatic nitrogens is 1. The van der Waals surface area contributed by atoms with Crippen LogP contribution < -0.4 is 5.32 Å². The van der Waals surface area contributed by atoms with E-state index in [0.717, 1.165) is 36.1 Å². The molecule has 1 aromatic rings. The Labute approximate surface area is 102 Å². The van der Waals surface area contributed by atoms with Crippen LogP contribution in [0.1, 0.15) is 56.1 Å². The largest absolute Gasteiger partial charge is 0.444 e. The number of nitrogens with zero attached hydrogens (tertiary/aromatic N) is 1. The first kappa shape index (κ1) is 10.1. The van der Waals surface area contributed by atoms with Crippen LogP contribution in [0.5, 0.6) is 0 Å². The highest BCUT2D eigenvalue weighted by atomic mass is 16.4. The third-order valence-electron chi connectivity index (χ3n) is 4.68. The second kappa shape index (κ2) is 3.84. The SMILES string of the molecule is c1nc(CNC2CC2)oc1C1C2CCCCC21. The molecule has 1 N–H and O–H groups in total. The van der Waals surface area contributed by atoms with Gasteiger partial charge in [-0.2, -0.15) is 0 Å². The average molecular weight is 232 g/mol. The highest BCUT2D eigenvalue weighted by Gasteiger charge is 2.53. The number of nitrogens with one attached hydrogen (secondary N) is 1. The lowest BCUT2D eigenvalue weighted by Crippen LogP contribution is -2.15. The monoisotopic (exact) mass is 232 g/mol. The van der Waals surface area contributed by atoms with Gasteiger partial charge >= 0.3 is 0 Å². The fourth-order valence-electron chi connectivity index (χ4n) is 3.49. The number of fused-ring (bicyclic) bond motifs is 1. The minimum Gasteiger partial charge on any atom is -0.444 e. The van der Waals surface area contributed by atoms with Crippen molar-refractivity contribution in [2.75, 3.05) is 0 Å². The van der Waals surface area contributed by atoms with Crippen molar-refractivity contribution in [3.8, 4) is 0 Å². The molecule has 4 rings (SSSR count). The van der Waals surface area contributed by atoms with E-state index in [2.05, 4.69) is 10.3 Å². The Kier molecular flexibility index (Phi) is 2.29. The summed E-state index contributed by atoms with van der Waals surface area (Å²) in [5, 5.41) is 3.45. The molecule has 0 bridgehead atoms. The van der Waals surface area contributed by atoms with Crippen molar-refractivity contribution in [3.63, 3.8) is 0 Å². The molecule has 3 aliphatic carbocycles.